The second kappa shape index (κ2) is 13.6. The topological polar surface area (TPSA) is 83.8 Å². The molecule has 138 valence electrons. The monoisotopic (exact) mass is 414 g/mol. The van der Waals surface area contributed by atoms with Gasteiger partial charge in [0.05, 0.1) is 0 Å². The summed E-state index contributed by atoms with van der Waals surface area (Å²) in [4.78, 5) is 32.8. The molecule has 0 N–H and O–H groups in total. The van der Waals surface area contributed by atoms with Crippen LogP contribution in [0.3, 0.4) is 0 Å². The molecule has 0 aliphatic heterocycles. The summed E-state index contributed by atoms with van der Waals surface area (Å²) >= 11 is 5.34. The number of thioether (sulfide) groups is 2. The fourth-order valence-corrected chi connectivity index (χ4v) is 2.50. The van der Waals surface area contributed by atoms with E-state index >= 15 is 0 Å². The summed E-state index contributed by atoms with van der Waals surface area (Å²) in [5.74, 6) is 1.21. The van der Waals surface area contributed by atoms with Gasteiger partial charge in [-0.25, -0.2) is 9.59 Å². The Bertz CT molecular complexity index is 434. The van der Waals surface area contributed by atoms with Crippen LogP contribution in [0.15, 0.2) is 10.3 Å². The highest BCUT2D eigenvalue weighted by atomic mass is 32.2. The minimum absolute atomic E-state index is 0.548. The molecule has 8 nitrogen and oxygen atoms in total. The van der Waals surface area contributed by atoms with Gasteiger partial charge in [-0.1, -0.05) is 10.3 Å². The lowest BCUT2D eigenvalue weighted by atomic mass is 10.9. The molecule has 0 saturated carbocycles. The maximum Gasteiger partial charge on any atom is 0.445 e. The minimum atomic E-state index is -0.548. The Kier molecular flexibility index (Phi) is 13.2. The maximum absolute atomic E-state index is 11.6. The van der Waals surface area contributed by atoms with Crippen molar-refractivity contribution in [2.75, 3.05) is 38.1 Å². The van der Waals surface area contributed by atoms with Crippen LogP contribution >= 0.6 is 47.4 Å². The molecule has 0 atom stereocenters. The van der Waals surface area contributed by atoms with Gasteiger partial charge in [-0.05, 0) is 50.3 Å². The predicted octanol–water partition coefficient (Wildman–Crippen LogP) is 3.81. The molecule has 0 aliphatic carbocycles. The number of rotatable bonds is 7. The standard InChI is InChI=1S/C12H22N4O4S4/c1-9(21-5)13-19-11(17)15(3)23-7-8-24-16(4)12(18)20-14-10(2)22-6/h7-8H2,1-6H3/b13-9-,14-10-. The molecule has 24 heavy (non-hydrogen) atoms. The van der Waals surface area contributed by atoms with Gasteiger partial charge in [0.1, 0.15) is 10.1 Å². The summed E-state index contributed by atoms with van der Waals surface area (Å²) in [5, 5.41) is 8.67. The van der Waals surface area contributed by atoms with Gasteiger partial charge in [-0.3, -0.25) is 18.3 Å². The number of carbonyl (C=O) groups excluding carboxylic acids is 2. The molecular formula is C12H22N4O4S4. The molecule has 0 saturated heterocycles. The molecule has 0 aromatic heterocycles. The first-order chi connectivity index (χ1) is 11.3. The van der Waals surface area contributed by atoms with Crippen LogP contribution in [0.5, 0.6) is 0 Å². The molecule has 0 fully saturated rings. The largest absolute Gasteiger partial charge is 0.445 e. The van der Waals surface area contributed by atoms with Crippen LogP contribution in [0, 0.1) is 0 Å². The number of carbonyl (C=O) groups is 2. The van der Waals surface area contributed by atoms with Crippen molar-refractivity contribution in [2.24, 2.45) is 10.3 Å². The molecular weight excluding hydrogens is 392 g/mol. The zero-order chi connectivity index (χ0) is 18.5. The Morgan fingerprint density at radius 2 is 1.17 bits per heavy atom. The van der Waals surface area contributed by atoms with E-state index in [4.69, 9.17) is 9.68 Å². The number of hydrogen-bond acceptors (Lipinski definition) is 10. The lowest BCUT2D eigenvalue weighted by Crippen LogP contribution is -2.22. The van der Waals surface area contributed by atoms with Crippen molar-refractivity contribution >= 4 is 69.7 Å². The van der Waals surface area contributed by atoms with Crippen molar-refractivity contribution in [1.82, 2.24) is 8.61 Å². The van der Waals surface area contributed by atoms with Crippen molar-refractivity contribution in [3.05, 3.63) is 0 Å². The van der Waals surface area contributed by atoms with E-state index in [1.165, 1.54) is 56.0 Å². The van der Waals surface area contributed by atoms with Gasteiger partial charge in [0.15, 0.2) is 0 Å². The molecule has 0 heterocycles. The third-order valence-electron chi connectivity index (χ3n) is 2.26. The first-order valence-corrected chi connectivity index (χ1v) is 11.0. The highest BCUT2D eigenvalue weighted by Gasteiger charge is 2.13. The summed E-state index contributed by atoms with van der Waals surface area (Å²) in [6, 6.07) is 0. The highest BCUT2D eigenvalue weighted by Crippen LogP contribution is 2.15. The van der Waals surface area contributed by atoms with Crippen molar-refractivity contribution in [1.29, 1.82) is 0 Å². The number of nitrogens with zero attached hydrogens (tertiary/aromatic N) is 4. The van der Waals surface area contributed by atoms with Gasteiger partial charge < -0.3 is 0 Å². The van der Waals surface area contributed by atoms with Crippen LogP contribution in [0.25, 0.3) is 0 Å². The Balaban J connectivity index is 3.99. The first-order valence-electron chi connectivity index (χ1n) is 6.64. The van der Waals surface area contributed by atoms with E-state index in [0.29, 0.717) is 21.6 Å². The lowest BCUT2D eigenvalue weighted by Gasteiger charge is -2.15. The summed E-state index contributed by atoms with van der Waals surface area (Å²) < 4.78 is 2.70. The zero-order valence-corrected chi connectivity index (χ0v) is 17.7. The van der Waals surface area contributed by atoms with Crippen LogP contribution in [-0.2, 0) is 9.68 Å². The zero-order valence-electron chi connectivity index (χ0n) is 14.5. The smallest absolute Gasteiger partial charge is 0.296 e. The first kappa shape index (κ1) is 23.3. The molecule has 0 aromatic rings. The summed E-state index contributed by atoms with van der Waals surface area (Å²) in [5.41, 5.74) is 0. The molecule has 0 rings (SSSR count). The average molecular weight is 415 g/mol. The third kappa shape index (κ3) is 10.9. The minimum Gasteiger partial charge on any atom is -0.296 e. The summed E-state index contributed by atoms with van der Waals surface area (Å²) in [6.45, 7) is 3.50. The highest BCUT2D eigenvalue weighted by molar-refractivity contribution is 8.13. The average Bonchev–Trinajstić information content (AvgIpc) is 2.59. The molecule has 2 amide bonds. The number of oxime groups is 2. The molecule has 12 heteroatoms. The summed E-state index contributed by atoms with van der Waals surface area (Å²) in [7, 11) is 3.19. The molecule has 0 unspecified atom stereocenters. The Hall–Kier alpha value is -0.720. The number of amides is 2. The Labute approximate surface area is 159 Å². The van der Waals surface area contributed by atoms with E-state index < -0.39 is 12.2 Å². The van der Waals surface area contributed by atoms with Crippen molar-refractivity contribution in [3.63, 3.8) is 0 Å². The molecule has 0 bridgehead atoms. The van der Waals surface area contributed by atoms with E-state index in [0.717, 1.165) is 0 Å². The fourth-order valence-electron chi connectivity index (χ4n) is 0.850. The lowest BCUT2D eigenvalue weighted by molar-refractivity contribution is 0.136. The van der Waals surface area contributed by atoms with E-state index in [1.54, 1.807) is 27.9 Å². The Morgan fingerprint density at radius 3 is 1.46 bits per heavy atom. The van der Waals surface area contributed by atoms with Gasteiger partial charge in [0, 0.05) is 25.6 Å². The van der Waals surface area contributed by atoms with E-state index in [9.17, 15) is 9.59 Å². The van der Waals surface area contributed by atoms with Gasteiger partial charge in [0.2, 0.25) is 0 Å². The van der Waals surface area contributed by atoms with Gasteiger partial charge in [-0.2, -0.15) is 0 Å². The van der Waals surface area contributed by atoms with Crippen LogP contribution < -0.4 is 0 Å². The molecule has 0 aliphatic rings. The van der Waals surface area contributed by atoms with Crippen molar-refractivity contribution in [3.8, 4) is 0 Å². The van der Waals surface area contributed by atoms with Crippen LogP contribution in [-0.4, -0.2) is 69.0 Å². The van der Waals surface area contributed by atoms with Crippen LogP contribution in [0.4, 0.5) is 9.59 Å². The molecule has 0 aromatic carbocycles. The van der Waals surface area contributed by atoms with E-state index in [1.807, 2.05) is 12.5 Å². The maximum atomic E-state index is 11.6. The van der Waals surface area contributed by atoms with Crippen molar-refractivity contribution in [2.45, 2.75) is 13.8 Å². The van der Waals surface area contributed by atoms with Crippen molar-refractivity contribution < 1.29 is 19.3 Å². The van der Waals surface area contributed by atoms with Crippen LogP contribution in [0.2, 0.25) is 0 Å². The summed E-state index contributed by atoms with van der Waals surface area (Å²) in [6.07, 6.45) is 2.59. The second-order valence-corrected chi connectivity index (χ2v) is 8.43. The SMILES string of the molecule is CS/C(C)=N\OC(=O)N(C)SCCSN(C)C(=O)O/N=C(/C)SC. The number of hydrogen-bond donors (Lipinski definition) is 0. The fraction of sp³-hybridized carbons (Fsp3) is 0.667. The molecule has 0 radical (unpaired) electrons. The van der Waals surface area contributed by atoms with E-state index in [-0.39, 0.29) is 0 Å². The van der Waals surface area contributed by atoms with E-state index in [2.05, 4.69) is 10.3 Å². The van der Waals surface area contributed by atoms with Gasteiger partial charge in [0.25, 0.3) is 0 Å². The quantitative estimate of drug-likeness (QED) is 0.155. The van der Waals surface area contributed by atoms with Gasteiger partial charge >= 0.3 is 12.2 Å². The second-order valence-electron chi connectivity index (χ2n) is 4.00. The molecule has 0 spiro atoms. The third-order valence-corrected chi connectivity index (χ3v) is 5.70. The normalized spacial score (nSPS) is 11.9. The predicted molar refractivity (Wildman–Crippen MR) is 107 cm³/mol. The van der Waals surface area contributed by atoms with Crippen LogP contribution in [0.1, 0.15) is 13.8 Å². The Morgan fingerprint density at radius 1 is 0.833 bits per heavy atom. The van der Waals surface area contributed by atoms with Gasteiger partial charge in [-0.15, -0.1) is 23.5 Å².